The molecule has 3 rings (SSSR count). The minimum Gasteiger partial charge on any atom is -0.366 e. The maximum atomic E-state index is 12.6. The van der Waals surface area contributed by atoms with Crippen molar-refractivity contribution in [2.45, 2.75) is 12.7 Å². The first-order valence-electron chi connectivity index (χ1n) is 6.36. The van der Waals surface area contributed by atoms with Gasteiger partial charge in [0.15, 0.2) is 0 Å². The smallest absolute Gasteiger partial charge is 0.366 e. The molecular weight excluding hydrogens is 279 g/mol. The molecule has 0 fully saturated rings. The van der Waals surface area contributed by atoms with Gasteiger partial charge in [-0.15, -0.1) is 0 Å². The van der Waals surface area contributed by atoms with Crippen LogP contribution in [-0.4, -0.2) is 9.97 Å². The molecule has 0 unspecified atom stereocenters. The molecule has 3 nitrogen and oxygen atoms in total. The van der Waals surface area contributed by atoms with Gasteiger partial charge in [0.1, 0.15) is 11.5 Å². The van der Waals surface area contributed by atoms with Crippen molar-refractivity contribution in [2.75, 3.05) is 5.32 Å². The molecule has 3 aromatic rings. The fraction of sp³-hybridized carbons (Fsp3) is 0.133. The number of nitrogens with one attached hydrogen (secondary N) is 2. The molecule has 108 valence electrons. The first-order valence-corrected chi connectivity index (χ1v) is 6.36. The van der Waals surface area contributed by atoms with Gasteiger partial charge < -0.3 is 10.3 Å². The number of hydrogen-bond acceptors (Lipinski definition) is 2. The van der Waals surface area contributed by atoms with Crippen LogP contribution >= 0.6 is 0 Å². The number of H-pyrrole nitrogens is 1. The highest BCUT2D eigenvalue weighted by molar-refractivity contribution is 5.77. The third-order valence-electron chi connectivity index (χ3n) is 3.14. The average Bonchev–Trinajstić information content (AvgIpc) is 2.92. The normalized spacial score (nSPS) is 11.8. The lowest BCUT2D eigenvalue weighted by atomic mass is 10.1. The summed E-state index contributed by atoms with van der Waals surface area (Å²) in [6.45, 7) is 0.281. The molecule has 0 aliphatic heterocycles. The standard InChI is InChI=1S/C15H12F3N3/c16-15(17,18)12-3-1-2-10(8-12)9-20-13-5-4-11-6-7-19-14(11)21-13/h1-8H,9H2,(H2,19,20,21). The maximum Gasteiger partial charge on any atom is 0.416 e. The Morgan fingerprint density at radius 3 is 2.76 bits per heavy atom. The molecule has 0 amide bonds. The number of aromatic nitrogens is 2. The van der Waals surface area contributed by atoms with E-state index in [0.29, 0.717) is 11.4 Å². The predicted octanol–water partition coefficient (Wildman–Crippen LogP) is 4.19. The van der Waals surface area contributed by atoms with Crippen LogP contribution in [0, 0.1) is 0 Å². The molecule has 0 aliphatic rings. The molecule has 2 N–H and O–H groups in total. The zero-order valence-electron chi connectivity index (χ0n) is 10.9. The molecule has 0 spiro atoms. The second kappa shape index (κ2) is 5.12. The van der Waals surface area contributed by atoms with E-state index in [0.717, 1.165) is 23.2 Å². The maximum absolute atomic E-state index is 12.6. The Morgan fingerprint density at radius 1 is 1.10 bits per heavy atom. The van der Waals surface area contributed by atoms with Crippen LogP contribution < -0.4 is 5.32 Å². The lowest BCUT2D eigenvalue weighted by Gasteiger charge is -2.10. The molecule has 6 heteroatoms. The molecule has 21 heavy (non-hydrogen) atoms. The van der Waals surface area contributed by atoms with Crippen LogP contribution in [0.25, 0.3) is 11.0 Å². The molecule has 0 bridgehead atoms. The van der Waals surface area contributed by atoms with Gasteiger partial charge in [0.05, 0.1) is 5.56 Å². The van der Waals surface area contributed by atoms with E-state index in [1.807, 2.05) is 12.1 Å². The van der Waals surface area contributed by atoms with Crippen LogP contribution in [0.3, 0.4) is 0 Å². The fourth-order valence-corrected chi connectivity index (χ4v) is 2.08. The van der Waals surface area contributed by atoms with Crippen LogP contribution in [0.5, 0.6) is 0 Å². The van der Waals surface area contributed by atoms with Crippen LogP contribution in [0.2, 0.25) is 0 Å². The summed E-state index contributed by atoms with van der Waals surface area (Å²) in [6, 6.07) is 10.8. The largest absolute Gasteiger partial charge is 0.416 e. The Labute approximate surface area is 118 Å². The van der Waals surface area contributed by atoms with Gasteiger partial charge in [0.2, 0.25) is 0 Å². The predicted molar refractivity (Wildman–Crippen MR) is 74.9 cm³/mol. The van der Waals surface area contributed by atoms with Crippen molar-refractivity contribution in [1.29, 1.82) is 0 Å². The summed E-state index contributed by atoms with van der Waals surface area (Å²) in [5.41, 5.74) is 0.650. The number of fused-ring (bicyclic) bond motifs is 1. The average molecular weight is 291 g/mol. The molecular formula is C15H12F3N3. The highest BCUT2D eigenvalue weighted by Gasteiger charge is 2.30. The minimum absolute atomic E-state index is 0.281. The molecule has 0 saturated heterocycles. The van der Waals surface area contributed by atoms with Crippen molar-refractivity contribution < 1.29 is 13.2 Å². The van der Waals surface area contributed by atoms with Crippen LogP contribution in [-0.2, 0) is 12.7 Å². The molecule has 0 radical (unpaired) electrons. The van der Waals surface area contributed by atoms with E-state index >= 15 is 0 Å². The van der Waals surface area contributed by atoms with Crippen LogP contribution in [0.1, 0.15) is 11.1 Å². The summed E-state index contributed by atoms with van der Waals surface area (Å²) in [5.74, 6) is 0.613. The fourth-order valence-electron chi connectivity index (χ4n) is 2.08. The Balaban J connectivity index is 1.75. The molecule has 1 aromatic carbocycles. The quantitative estimate of drug-likeness (QED) is 0.759. The number of pyridine rings is 1. The first-order chi connectivity index (χ1) is 10.0. The van der Waals surface area contributed by atoms with Gasteiger partial charge in [-0.05, 0) is 35.9 Å². The molecule has 2 aromatic heterocycles. The van der Waals surface area contributed by atoms with Crippen molar-refractivity contribution in [2.24, 2.45) is 0 Å². The molecule has 0 atom stereocenters. The number of hydrogen-bond donors (Lipinski definition) is 2. The number of alkyl halides is 3. The van der Waals surface area contributed by atoms with Gasteiger partial charge in [0, 0.05) is 18.1 Å². The van der Waals surface area contributed by atoms with E-state index in [2.05, 4.69) is 15.3 Å². The molecule has 0 aliphatic carbocycles. The van der Waals surface area contributed by atoms with Crippen molar-refractivity contribution in [1.82, 2.24) is 9.97 Å². The SMILES string of the molecule is FC(F)(F)c1cccc(CNc2ccc3cc[nH]c3n2)c1. The number of anilines is 1. The van der Waals surface area contributed by atoms with Crippen LogP contribution in [0.15, 0.2) is 48.7 Å². The Morgan fingerprint density at radius 2 is 1.95 bits per heavy atom. The summed E-state index contributed by atoms with van der Waals surface area (Å²) in [5, 5.41) is 4.01. The first kappa shape index (κ1) is 13.5. The summed E-state index contributed by atoms with van der Waals surface area (Å²) < 4.78 is 37.9. The van der Waals surface area contributed by atoms with Gasteiger partial charge in [-0.1, -0.05) is 12.1 Å². The topological polar surface area (TPSA) is 40.7 Å². The third-order valence-corrected chi connectivity index (χ3v) is 3.14. The van der Waals surface area contributed by atoms with E-state index in [9.17, 15) is 13.2 Å². The van der Waals surface area contributed by atoms with Crippen molar-refractivity contribution in [3.05, 3.63) is 59.8 Å². The summed E-state index contributed by atoms with van der Waals surface area (Å²) in [4.78, 5) is 7.32. The lowest BCUT2D eigenvalue weighted by molar-refractivity contribution is -0.137. The number of benzene rings is 1. The summed E-state index contributed by atoms with van der Waals surface area (Å²) >= 11 is 0. The van der Waals surface area contributed by atoms with E-state index in [-0.39, 0.29) is 6.54 Å². The highest BCUT2D eigenvalue weighted by Crippen LogP contribution is 2.29. The molecule has 0 saturated carbocycles. The summed E-state index contributed by atoms with van der Waals surface area (Å²) in [6.07, 6.45) is -2.54. The van der Waals surface area contributed by atoms with Gasteiger partial charge in [-0.2, -0.15) is 13.2 Å². The Kier molecular flexibility index (Phi) is 3.29. The monoisotopic (exact) mass is 291 g/mol. The van der Waals surface area contributed by atoms with Gasteiger partial charge in [-0.25, -0.2) is 4.98 Å². The highest BCUT2D eigenvalue weighted by atomic mass is 19.4. The number of rotatable bonds is 3. The van der Waals surface area contributed by atoms with E-state index < -0.39 is 11.7 Å². The number of nitrogens with zero attached hydrogens (tertiary/aromatic N) is 1. The Bertz CT molecular complexity index is 762. The Hall–Kier alpha value is -2.50. The van der Waals surface area contributed by atoms with E-state index in [1.54, 1.807) is 18.3 Å². The third kappa shape index (κ3) is 2.99. The zero-order chi connectivity index (χ0) is 14.9. The van der Waals surface area contributed by atoms with Gasteiger partial charge in [0.25, 0.3) is 0 Å². The molecule has 2 heterocycles. The van der Waals surface area contributed by atoms with Crippen molar-refractivity contribution in [3.63, 3.8) is 0 Å². The number of aromatic amines is 1. The van der Waals surface area contributed by atoms with Gasteiger partial charge in [-0.3, -0.25) is 0 Å². The van der Waals surface area contributed by atoms with Gasteiger partial charge >= 0.3 is 6.18 Å². The second-order valence-electron chi connectivity index (χ2n) is 4.66. The summed E-state index contributed by atoms with van der Waals surface area (Å²) in [7, 11) is 0. The lowest BCUT2D eigenvalue weighted by Crippen LogP contribution is -2.07. The second-order valence-corrected chi connectivity index (χ2v) is 4.66. The van der Waals surface area contributed by atoms with Crippen LogP contribution in [0.4, 0.5) is 19.0 Å². The van der Waals surface area contributed by atoms with E-state index in [4.69, 9.17) is 0 Å². The zero-order valence-corrected chi connectivity index (χ0v) is 10.9. The number of halogens is 3. The van der Waals surface area contributed by atoms with Crippen molar-refractivity contribution in [3.8, 4) is 0 Å². The van der Waals surface area contributed by atoms with Crippen molar-refractivity contribution >= 4 is 16.9 Å². The minimum atomic E-state index is -4.32. The van der Waals surface area contributed by atoms with E-state index in [1.165, 1.54) is 6.07 Å².